The Morgan fingerprint density at radius 1 is 1.00 bits per heavy atom. The summed E-state index contributed by atoms with van der Waals surface area (Å²) in [5.41, 5.74) is 3.44. The summed E-state index contributed by atoms with van der Waals surface area (Å²) in [7, 11) is 1.84. The lowest BCUT2D eigenvalue weighted by molar-refractivity contribution is 0.269. The molecule has 0 aliphatic heterocycles. The van der Waals surface area contributed by atoms with Crippen molar-refractivity contribution in [2.45, 2.75) is 20.5 Å². The molecule has 3 aromatic carbocycles. The summed E-state index contributed by atoms with van der Waals surface area (Å²) in [6, 6.07) is 22.9. The standard InChI is InChI=1S/C27H26ClN3O3/c1-4-33-24-16-21(15-23(28)26(24)34-18-20-11-7-5-8-12-20)17-29-25-19(2)30(3)31(27(25)32)22-13-9-6-10-14-22/h5-17H,4,18H2,1-3H3. The summed E-state index contributed by atoms with van der Waals surface area (Å²) in [4.78, 5) is 17.6. The second kappa shape index (κ2) is 10.4. The zero-order valence-corrected chi connectivity index (χ0v) is 20.1. The molecule has 6 nitrogen and oxygen atoms in total. The molecular formula is C27H26ClN3O3. The first-order valence-electron chi connectivity index (χ1n) is 11.0. The Morgan fingerprint density at radius 3 is 2.35 bits per heavy atom. The van der Waals surface area contributed by atoms with Gasteiger partial charge in [-0.1, -0.05) is 60.1 Å². The summed E-state index contributed by atoms with van der Waals surface area (Å²) in [5.74, 6) is 1.01. The third kappa shape index (κ3) is 4.92. The molecule has 1 heterocycles. The van der Waals surface area contributed by atoms with Gasteiger partial charge in [-0.15, -0.1) is 0 Å². The van der Waals surface area contributed by atoms with Crippen LogP contribution in [0.15, 0.2) is 82.6 Å². The van der Waals surface area contributed by atoms with Crippen LogP contribution in [-0.4, -0.2) is 22.2 Å². The first-order valence-corrected chi connectivity index (χ1v) is 11.4. The molecule has 4 rings (SSSR count). The largest absolute Gasteiger partial charge is 0.490 e. The van der Waals surface area contributed by atoms with Crippen LogP contribution in [-0.2, 0) is 13.7 Å². The van der Waals surface area contributed by atoms with Gasteiger partial charge in [-0.3, -0.25) is 9.48 Å². The number of para-hydroxylation sites is 1. The van der Waals surface area contributed by atoms with Crippen LogP contribution < -0.4 is 15.0 Å². The van der Waals surface area contributed by atoms with E-state index in [1.165, 1.54) is 0 Å². The normalized spacial score (nSPS) is 11.2. The van der Waals surface area contributed by atoms with Gasteiger partial charge in [0, 0.05) is 13.3 Å². The Bertz CT molecular complexity index is 1360. The maximum atomic E-state index is 13.1. The fourth-order valence-corrected chi connectivity index (χ4v) is 3.91. The SMILES string of the molecule is CCOc1cc(C=Nc2c(C)n(C)n(-c3ccccc3)c2=O)cc(Cl)c1OCc1ccccc1. The molecule has 0 fully saturated rings. The quantitative estimate of drug-likeness (QED) is 0.300. The average Bonchev–Trinajstić information content (AvgIpc) is 3.06. The summed E-state index contributed by atoms with van der Waals surface area (Å²) in [5, 5.41) is 0.412. The Morgan fingerprint density at radius 2 is 1.68 bits per heavy atom. The highest BCUT2D eigenvalue weighted by atomic mass is 35.5. The van der Waals surface area contributed by atoms with Gasteiger partial charge in [0.25, 0.3) is 5.56 Å². The highest BCUT2D eigenvalue weighted by molar-refractivity contribution is 6.32. The van der Waals surface area contributed by atoms with Gasteiger partial charge in [0.1, 0.15) is 6.61 Å². The fourth-order valence-electron chi connectivity index (χ4n) is 3.64. The first kappa shape index (κ1) is 23.4. The van der Waals surface area contributed by atoms with Crippen LogP contribution in [0.3, 0.4) is 0 Å². The van der Waals surface area contributed by atoms with E-state index in [0.717, 1.165) is 16.9 Å². The molecule has 174 valence electrons. The molecule has 0 bridgehead atoms. The molecule has 7 heteroatoms. The van der Waals surface area contributed by atoms with E-state index < -0.39 is 0 Å². The minimum Gasteiger partial charge on any atom is -0.490 e. The van der Waals surface area contributed by atoms with Crippen LogP contribution in [0.5, 0.6) is 11.5 Å². The maximum absolute atomic E-state index is 13.1. The van der Waals surface area contributed by atoms with E-state index in [9.17, 15) is 4.79 Å². The molecule has 0 atom stereocenters. The van der Waals surface area contributed by atoms with Crippen molar-refractivity contribution in [3.05, 3.63) is 105 Å². The minimum absolute atomic E-state index is 0.193. The van der Waals surface area contributed by atoms with Gasteiger partial charge in [-0.05, 0) is 49.2 Å². The zero-order valence-electron chi connectivity index (χ0n) is 19.4. The molecule has 0 radical (unpaired) electrons. The Balaban J connectivity index is 1.64. The van der Waals surface area contributed by atoms with Crippen molar-refractivity contribution in [3.8, 4) is 17.2 Å². The molecule has 4 aromatic rings. The smallest absolute Gasteiger partial charge is 0.297 e. The van der Waals surface area contributed by atoms with Crippen LogP contribution in [0, 0.1) is 6.92 Å². The molecule has 34 heavy (non-hydrogen) atoms. The second-order valence-electron chi connectivity index (χ2n) is 7.71. The number of ether oxygens (including phenoxy) is 2. The van der Waals surface area contributed by atoms with Crippen LogP contribution in [0.4, 0.5) is 5.69 Å². The van der Waals surface area contributed by atoms with Gasteiger partial charge in [0.15, 0.2) is 17.2 Å². The van der Waals surface area contributed by atoms with Crippen molar-refractivity contribution in [1.82, 2.24) is 9.36 Å². The van der Waals surface area contributed by atoms with E-state index in [-0.39, 0.29) is 5.56 Å². The predicted molar refractivity (Wildman–Crippen MR) is 136 cm³/mol. The maximum Gasteiger partial charge on any atom is 0.297 e. The highest BCUT2D eigenvalue weighted by Gasteiger charge is 2.16. The van der Waals surface area contributed by atoms with Gasteiger partial charge >= 0.3 is 0 Å². The summed E-state index contributed by atoms with van der Waals surface area (Å²) >= 11 is 6.55. The summed E-state index contributed by atoms with van der Waals surface area (Å²) < 4.78 is 15.2. The van der Waals surface area contributed by atoms with E-state index in [2.05, 4.69) is 4.99 Å². The highest BCUT2D eigenvalue weighted by Crippen LogP contribution is 2.37. The third-order valence-corrected chi connectivity index (χ3v) is 5.70. The second-order valence-corrected chi connectivity index (χ2v) is 8.11. The van der Waals surface area contributed by atoms with Gasteiger partial charge in [-0.2, -0.15) is 0 Å². The fraction of sp³-hybridized carbons (Fsp3) is 0.185. The van der Waals surface area contributed by atoms with E-state index in [1.807, 2.05) is 87.6 Å². The zero-order chi connectivity index (χ0) is 24.1. The molecule has 1 aromatic heterocycles. The van der Waals surface area contributed by atoms with Gasteiger partial charge in [-0.25, -0.2) is 9.67 Å². The lowest BCUT2D eigenvalue weighted by Crippen LogP contribution is -2.19. The molecule has 0 unspecified atom stereocenters. The number of aromatic nitrogens is 2. The van der Waals surface area contributed by atoms with Crippen molar-refractivity contribution < 1.29 is 9.47 Å². The first-order chi connectivity index (χ1) is 16.5. The Hall–Kier alpha value is -3.77. The molecule has 0 spiro atoms. The van der Waals surface area contributed by atoms with Crippen LogP contribution in [0.1, 0.15) is 23.7 Å². The van der Waals surface area contributed by atoms with Crippen molar-refractivity contribution >= 4 is 23.5 Å². The number of benzene rings is 3. The summed E-state index contributed by atoms with van der Waals surface area (Å²) in [6.45, 7) is 4.59. The monoisotopic (exact) mass is 475 g/mol. The molecule has 0 saturated carbocycles. The third-order valence-electron chi connectivity index (χ3n) is 5.42. The van der Waals surface area contributed by atoms with E-state index in [0.29, 0.717) is 41.0 Å². The van der Waals surface area contributed by atoms with Gasteiger partial charge in [0.05, 0.1) is 23.0 Å². The van der Waals surface area contributed by atoms with Crippen LogP contribution in [0.25, 0.3) is 5.69 Å². The van der Waals surface area contributed by atoms with E-state index >= 15 is 0 Å². The Kier molecular flexibility index (Phi) is 7.18. The molecule has 0 N–H and O–H groups in total. The number of aliphatic imine (C=N–C) groups is 1. The van der Waals surface area contributed by atoms with Gasteiger partial charge in [0.2, 0.25) is 0 Å². The average molecular weight is 476 g/mol. The Labute approximate surface area is 203 Å². The van der Waals surface area contributed by atoms with Crippen LogP contribution in [0.2, 0.25) is 5.02 Å². The molecule has 0 aliphatic carbocycles. The predicted octanol–water partition coefficient (Wildman–Crippen LogP) is 5.87. The van der Waals surface area contributed by atoms with Crippen molar-refractivity contribution in [2.24, 2.45) is 12.0 Å². The number of hydrogen-bond donors (Lipinski definition) is 0. The molecule has 0 saturated heterocycles. The lowest BCUT2D eigenvalue weighted by Gasteiger charge is -2.14. The number of rotatable bonds is 8. The molecule has 0 aliphatic rings. The minimum atomic E-state index is -0.193. The van der Waals surface area contributed by atoms with Crippen molar-refractivity contribution in [1.29, 1.82) is 0 Å². The molecule has 0 amide bonds. The summed E-state index contributed by atoms with van der Waals surface area (Å²) in [6.07, 6.45) is 1.62. The lowest BCUT2D eigenvalue weighted by atomic mass is 10.2. The van der Waals surface area contributed by atoms with Crippen molar-refractivity contribution in [3.63, 3.8) is 0 Å². The number of nitrogens with zero attached hydrogens (tertiary/aromatic N) is 3. The van der Waals surface area contributed by atoms with E-state index in [4.69, 9.17) is 21.1 Å². The molecular weight excluding hydrogens is 450 g/mol. The topological polar surface area (TPSA) is 57.8 Å². The van der Waals surface area contributed by atoms with E-state index in [1.54, 1.807) is 21.6 Å². The van der Waals surface area contributed by atoms with Crippen LogP contribution >= 0.6 is 11.6 Å². The number of halogens is 1. The van der Waals surface area contributed by atoms with Gasteiger partial charge < -0.3 is 9.47 Å². The number of hydrogen-bond acceptors (Lipinski definition) is 4. The van der Waals surface area contributed by atoms with Crippen molar-refractivity contribution in [2.75, 3.05) is 6.61 Å².